The molecule has 0 spiro atoms. The minimum absolute atomic E-state index is 0.121. The first-order valence-corrected chi connectivity index (χ1v) is 4.60. The summed E-state index contributed by atoms with van der Waals surface area (Å²) in [7, 11) is 0. The van der Waals surface area contributed by atoms with Crippen LogP contribution in [0.5, 0.6) is 0 Å². The molecule has 0 aliphatic rings. The molecule has 0 unspecified atom stereocenters. The van der Waals surface area contributed by atoms with Gasteiger partial charge in [0.2, 0.25) is 0 Å². The van der Waals surface area contributed by atoms with Crippen molar-refractivity contribution in [2.24, 2.45) is 0 Å². The smallest absolute Gasteiger partial charge is 0.151 e. The van der Waals surface area contributed by atoms with Crippen molar-refractivity contribution >= 4 is 21.7 Å². The van der Waals surface area contributed by atoms with E-state index < -0.39 is 5.92 Å². The van der Waals surface area contributed by atoms with Crippen molar-refractivity contribution in [1.29, 1.82) is 5.26 Å². The Kier molecular flexibility index (Phi) is 3.21. The molecular formula is C10H8BrNO. The average Bonchev–Trinajstić information content (AvgIpc) is 2.09. The predicted molar refractivity (Wildman–Crippen MR) is 53.2 cm³/mol. The zero-order chi connectivity index (χ0) is 9.84. The van der Waals surface area contributed by atoms with Crippen LogP contribution in [0.2, 0.25) is 0 Å². The standard InChI is InChI=1S/C10H8BrNO/c1-7(13)10(6-12)8-2-4-9(11)5-3-8/h2-5,10H,1H3/t10-/m0/s1. The Morgan fingerprint density at radius 2 is 2.00 bits per heavy atom. The fourth-order valence-corrected chi connectivity index (χ4v) is 1.32. The van der Waals surface area contributed by atoms with Crippen molar-refractivity contribution in [1.82, 2.24) is 0 Å². The number of nitriles is 1. The normalized spacial score (nSPS) is 11.8. The van der Waals surface area contributed by atoms with E-state index in [1.165, 1.54) is 6.92 Å². The van der Waals surface area contributed by atoms with Gasteiger partial charge in [-0.15, -0.1) is 0 Å². The lowest BCUT2D eigenvalue weighted by atomic mass is 9.97. The summed E-state index contributed by atoms with van der Waals surface area (Å²) in [5, 5.41) is 8.74. The third kappa shape index (κ3) is 2.40. The van der Waals surface area contributed by atoms with Crippen LogP contribution in [0, 0.1) is 11.3 Å². The molecular weight excluding hydrogens is 230 g/mol. The molecule has 0 amide bonds. The molecule has 0 radical (unpaired) electrons. The molecule has 0 bridgehead atoms. The number of nitrogens with zero attached hydrogens (tertiary/aromatic N) is 1. The van der Waals surface area contributed by atoms with E-state index in [9.17, 15) is 4.79 Å². The van der Waals surface area contributed by atoms with Crippen LogP contribution in [-0.2, 0) is 4.79 Å². The maximum atomic E-state index is 11.0. The van der Waals surface area contributed by atoms with Gasteiger partial charge in [-0.1, -0.05) is 28.1 Å². The van der Waals surface area contributed by atoms with E-state index in [4.69, 9.17) is 5.26 Å². The molecule has 1 aromatic rings. The molecule has 0 N–H and O–H groups in total. The molecule has 2 nitrogen and oxygen atoms in total. The Balaban J connectivity index is 3.01. The fraction of sp³-hybridized carbons (Fsp3) is 0.200. The van der Waals surface area contributed by atoms with E-state index in [2.05, 4.69) is 15.9 Å². The number of carbonyl (C=O) groups is 1. The minimum atomic E-state index is -0.631. The molecule has 0 aromatic heterocycles. The molecule has 1 rings (SSSR count). The number of ketones is 1. The summed E-state index contributed by atoms with van der Waals surface area (Å²) in [5.41, 5.74) is 0.748. The summed E-state index contributed by atoms with van der Waals surface area (Å²) in [6, 6.07) is 9.17. The van der Waals surface area contributed by atoms with E-state index in [-0.39, 0.29) is 5.78 Å². The Labute approximate surface area is 85.3 Å². The zero-order valence-corrected chi connectivity index (χ0v) is 8.71. The van der Waals surface area contributed by atoms with Gasteiger partial charge in [0.05, 0.1) is 6.07 Å². The monoisotopic (exact) mass is 237 g/mol. The first-order chi connectivity index (χ1) is 6.15. The number of halogens is 1. The first-order valence-electron chi connectivity index (χ1n) is 3.80. The third-order valence-electron chi connectivity index (χ3n) is 1.74. The van der Waals surface area contributed by atoms with Gasteiger partial charge in [-0.2, -0.15) is 5.26 Å². The second-order valence-electron chi connectivity index (χ2n) is 2.72. The lowest BCUT2D eigenvalue weighted by Gasteiger charge is -2.04. The molecule has 1 aromatic carbocycles. The number of hydrogen-bond donors (Lipinski definition) is 0. The molecule has 0 heterocycles. The van der Waals surface area contributed by atoms with E-state index in [0.717, 1.165) is 10.0 Å². The summed E-state index contributed by atoms with van der Waals surface area (Å²) >= 11 is 3.29. The molecule has 3 heteroatoms. The summed E-state index contributed by atoms with van der Waals surface area (Å²) in [6.07, 6.45) is 0. The highest BCUT2D eigenvalue weighted by Crippen LogP contribution is 2.18. The lowest BCUT2D eigenvalue weighted by molar-refractivity contribution is -0.117. The first kappa shape index (κ1) is 9.94. The minimum Gasteiger partial charge on any atom is -0.298 e. The second kappa shape index (κ2) is 4.20. The van der Waals surface area contributed by atoms with Crippen molar-refractivity contribution in [3.05, 3.63) is 34.3 Å². The topological polar surface area (TPSA) is 40.9 Å². The average molecular weight is 238 g/mol. The molecule has 0 saturated heterocycles. The summed E-state index contributed by atoms with van der Waals surface area (Å²) in [5.74, 6) is -0.752. The van der Waals surface area contributed by atoms with Crippen LogP contribution in [0.3, 0.4) is 0 Å². The van der Waals surface area contributed by atoms with Crippen LogP contribution < -0.4 is 0 Å². The molecule has 0 fully saturated rings. The van der Waals surface area contributed by atoms with Gasteiger partial charge in [-0.25, -0.2) is 0 Å². The fourth-order valence-electron chi connectivity index (χ4n) is 1.06. The predicted octanol–water partition coefficient (Wildman–Crippen LogP) is 2.65. The van der Waals surface area contributed by atoms with Crippen molar-refractivity contribution in [3.8, 4) is 6.07 Å². The van der Waals surface area contributed by atoms with E-state index >= 15 is 0 Å². The molecule has 66 valence electrons. The largest absolute Gasteiger partial charge is 0.298 e. The molecule has 0 aliphatic heterocycles. The van der Waals surface area contributed by atoms with Crippen molar-refractivity contribution in [3.63, 3.8) is 0 Å². The second-order valence-corrected chi connectivity index (χ2v) is 3.64. The van der Waals surface area contributed by atoms with E-state index in [1.807, 2.05) is 18.2 Å². The van der Waals surface area contributed by atoms with Gasteiger partial charge in [-0.3, -0.25) is 4.79 Å². The van der Waals surface area contributed by atoms with Gasteiger partial charge in [0, 0.05) is 4.47 Å². The SMILES string of the molecule is CC(=O)[C@H](C#N)c1ccc(Br)cc1. The van der Waals surface area contributed by atoms with Crippen LogP contribution in [-0.4, -0.2) is 5.78 Å². The number of benzene rings is 1. The molecule has 13 heavy (non-hydrogen) atoms. The highest BCUT2D eigenvalue weighted by Gasteiger charge is 2.14. The van der Waals surface area contributed by atoms with E-state index in [0.29, 0.717) is 0 Å². The van der Waals surface area contributed by atoms with Crippen LogP contribution in [0.4, 0.5) is 0 Å². The van der Waals surface area contributed by atoms with Crippen LogP contribution in [0.15, 0.2) is 28.7 Å². The third-order valence-corrected chi connectivity index (χ3v) is 2.27. The summed E-state index contributed by atoms with van der Waals surface area (Å²) in [4.78, 5) is 11.0. The molecule has 1 atom stereocenters. The zero-order valence-electron chi connectivity index (χ0n) is 7.12. The van der Waals surface area contributed by atoms with Crippen LogP contribution in [0.1, 0.15) is 18.4 Å². The van der Waals surface area contributed by atoms with Crippen LogP contribution >= 0.6 is 15.9 Å². The van der Waals surface area contributed by atoms with Crippen molar-refractivity contribution in [2.75, 3.05) is 0 Å². The maximum absolute atomic E-state index is 11.0. The maximum Gasteiger partial charge on any atom is 0.151 e. The van der Waals surface area contributed by atoms with Crippen LogP contribution in [0.25, 0.3) is 0 Å². The summed E-state index contributed by atoms with van der Waals surface area (Å²) in [6.45, 7) is 1.43. The van der Waals surface area contributed by atoms with Gasteiger partial charge in [0.1, 0.15) is 5.92 Å². The van der Waals surface area contributed by atoms with Gasteiger partial charge in [-0.05, 0) is 24.6 Å². The number of rotatable bonds is 2. The highest BCUT2D eigenvalue weighted by molar-refractivity contribution is 9.10. The quantitative estimate of drug-likeness (QED) is 0.794. The highest BCUT2D eigenvalue weighted by atomic mass is 79.9. The Morgan fingerprint density at radius 3 is 2.38 bits per heavy atom. The Morgan fingerprint density at radius 1 is 1.46 bits per heavy atom. The van der Waals surface area contributed by atoms with Gasteiger partial charge < -0.3 is 0 Å². The van der Waals surface area contributed by atoms with Gasteiger partial charge in [0.25, 0.3) is 0 Å². The Hall–Kier alpha value is -1.14. The van der Waals surface area contributed by atoms with E-state index in [1.54, 1.807) is 12.1 Å². The van der Waals surface area contributed by atoms with Gasteiger partial charge in [0.15, 0.2) is 5.78 Å². The Bertz CT molecular complexity index is 350. The number of Topliss-reactive ketones (excluding diaryl/α,β-unsaturated/α-hetero) is 1. The number of carbonyl (C=O) groups excluding carboxylic acids is 1. The number of hydrogen-bond acceptors (Lipinski definition) is 2. The van der Waals surface area contributed by atoms with Crippen molar-refractivity contribution in [2.45, 2.75) is 12.8 Å². The lowest BCUT2D eigenvalue weighted by Crippen LogP contribution is -2.05. The molecule has 0 saturated carbocycles. The molecule has 0 aliphatic carbocycles. The summed E-state index contributed by atoms with van der Waals surface area (Å²) < 4.78 is 0.941. The van der Waals surface area contributed by atoms with Gasteiger partial charge >= 0.3 is 0 Å². The van der Waals surface area contributed by atoms with Crippen molar-refractivity contribution < 1.29 is 4.79 Å².